The molecule has 114 valence electrons. The number of halogens is 3. The van der Waals surface area contributed by atoms with Crippen molar-refractivity contribution in [2.75, 3.05) is 12.4 Å². The molecular weight excluding hydrogens is 468 g/mol. The van der Waals surface area contributed by atoms with Crippen molar-refractivity contribution in [2.24, 2.45) is 0 Å². The van der Waals surface area contributed by atoms with Crippen LogP contribution < -0.4 is 4.74 Å². The van der Waals surface area contributed by atoms with Gasteiger partial charge in [-0.3, -0.25) is 0 Å². The topological polar surface area (TPSA) is 9.23 Å². The van der Waals surface area contributed by atoms with Gasteiger partial charge in [-0.2, -0.15) is 12.6 Å². The van der Waals surface area contributed by atoms with E-state index in [9.17, 15) is 0 Å². The standard InChI is InChI=1S/C15H21Br3OS/c16-12-10-13(17)15(14(18)11-12)19-8-6-4-2-1-3-5-7-9-20/h10-11,20H,1-9H2. The molecule has 0 amide bonds. The van der Waals surface area contributed by atoms with Gasteiger partial charge in [0.05, 0.1) is 15.6 Å². The lowest BCUT2D eigenvalue weighted by Gasteiger charge is -2.10. The van der Waals surface area contributed by atoms with Crippen molar-refractivity contribution >= 4 is 60.4 Å². The molecule has 0 N–H and O–H groups in total. The molecule has 0 saturated carbocycles. The van der Waals surface area contributed by atoms with Crippen LogP contribution in [-0.2, 0) is 0 Å². The summed E-state index contributed by atoms with van der Waals surface area (Å²) < 4.78 is 8.83. The average molecular weight is 489 g/mol. The normalized spacial score (nSPS) is 10.8. The fourth-order valence-corrected chi connectivity index (χ4v) is 4.65. The second kappa shape index (κ2) is 11.4. The molecule has 1 rings (SSSR count). The Morgan fingerprint density at radius 1 is 0.800 bits per heavy atom. The summed E-state index contributed by atoms with van der Waals surface area (Å²) in [5, 5.41) is 0. The van der Waals surface area contributed by atoms with E-state index in [0.717, 1.165) is 37.9 Å². The van der Waals surface area contributed by atoms with Crippen LogP contribution in [0.2, 0.25) is 0 Å². The summed E-state index contributed by atoms with van der Waals surface area (Å²) >= 11 is 14.7. The van der Waals surface area contributed by atoms with Crippen molar-refractivity contribution in [1.29, 1.82) is 0 Å². The van der Waals surface area contributed by atoms with E-state index >= 15 is 0 Å². The molecule has 0 atom stereocenters. The van der Waals surface area contributed by atoms with E-state index in [0.29, 0.717) is 0 Å². The number of unbranched alkanes of at least 4 members (excludes halogenated alkanes) is 6. The van der Waals surface area contributed by atoms with E-state index in [-0.39, 0.29) is 0 Å². The molecule has 1 aromatic rings. The lowest BCUT2D eigenvalue weighted by molar-refractivity contribution is 0.300. The SMILES string of the molecule is SCCCCCCCCCOc1c(Br)cc(Br)cc1Br. The number of thiol groups is 1. The lowest BCUT2D eigenvalue weighted by atomic mass is 10.1. The van der Waals surface area contributed by atoms with Crippen LogP contribution >= 0.6 is 60.4 Å². The summed E-state index contributed by atoms with van der Waals surface area (Å²) in [5.74, 6) is 1.91. The molecule has 0 bridgehead atoms. The molecular formula is C15H21Br3OS. The van der Waals surface area contributed by atoms with Gasteiger partial charge in [0, 0.05) is 4.47 Å². The van der Waals surface area contributed by atoms with Crippen LogP contribution in [0.25, 0.3) is 0 Å². The summed E-state index contributed by atoms with van der Waals surface area (Å²) in [6.45, 7) is 0.773. The molecule has 20 heavy (non-hydrogen) atoms. The highest BCUT2D eigenvalue weighted by Gasteiger charge is 2.07. The van der Waals surface area contributed by atoms with E-state index < -0.39 is 0 Å². The van der Waals surface area contributed by atoms with E-state index in [1.165, 1.54) is 38.5 Å². The van der Waals surface area contributed by atoms with Gasteiger partial charge in [-0.25, -0.2) is 0 Å². The van der Waals surface area contributed by atoms with Crippen molar-refractivity contribution in [3.63, 3.8) is 0 Å². The zero-order valence-corrected chi connectivity index (χ0v) is 17.2. The van der Waals surface area contributed by atoms with Crippen LogP contribution in [0.3, 0.4) is 0 Å². The molecule has 1 aromatic carbocycles. The van der Waals surface area contributed by atoms with Crippen LogP contribution in [-0.4, -0.2) is 12.4 Å². The quantitative estimate of drug-likeness (QED) is 0.275. The maximum atomic E-state index is 5.84. The molecule has 0 aliphatic rings. The first kappa shape index (κ1) is 18.9. The maximum Gasteiger partial charge on any atom is 0.147 e. The van der Waals surface area contributed by atoms with Gasteiger partial charge in [0.2, 0.25) is 0 Å². The molecule has 0 unspecified atom stereocenters. The molecule has 0 saturated heterocycles. The number of rotatable bonds is 10. The van der Waals surface area contributed by atoms with Crippen LogP contribution in [0, 0.1) is 0 Å². The predicted octanol–water partition coefficient (Wildman–Crippen LogP) is 7.01. The third-order valence-electron chi connectivity index (χ3n) is 3.01. The van der Waals surface area contributed by atoms with Gasteiger partial charge in [0.1, 0.15) is 5.75 Å². The second-order valence-corrected chi connectivity index (χ2v) is 7.82. The fourth-order valence-electron chi connectivity index (χ4n) is 1.94. The highest BCUT2D eigenvalue weighted by Crippen LogP contribution is 2.36. The van der Waals surface area contributed by atoms with E-state index in [1.807, 2.05) is 12.1 Å². The van der Waals surface area contributed by atoms with E-state index in [2.05, 4.69) is 60.4 Å². The number of ether oxygens (including phenoxy) is 1. The smallest absolute Gasteiger partial charge is 0.147 e. The summed E-state index contributed by atoms with van der Waals surface area (Å²) in [4.78, 5) is 0. The summed E-state index contributed by atoms with van der Waals surface area (Å²) in [6.07, 6.45) is 8.90. The molecule has 0 aliphatic heterocycles. The van der Waals surface area contributed by atoms with Crippen molar-refractivity contribution in [3.8, 4) is 5.75 Å². The van der Waals surface area contributed by atoms with Gasteiger partial charge in [-0.05, 0) is 62.6 Å². The highest BCUT2D eigenvalue weighted by atomic mass is 79.9. The Bertz CT molecular complexity index is 376. The maximum absolute atomic E-state index is 5.84. The number of hydrogen-bond donors (Lipinski definition) is 1. The zero-order chi connectivity index (χ0) is 14.8. The lowest BCUT2D eigenvalue weighted by Crippen LogP contribution is -1.99. The van der Waals surface area contributed by atoms with E-state index in [4.69, 9.17) is 4.74 Å². The third-order valence-corrected chi connectivity index (χ3v) is 4.96. The first-order chi connectivity index (χ1) is 9.65. The Labute approximate surface area is 153 Å². The van der Waals surface area contributed by atoms with Gasteiger partial charge in [0.25, 0.3) is 0 Å². The molecule has 0 spiro atoms. The van der Waals surface area contributed by atoms with E-state index in [1.54, 1.807) is 0 Å². The molecule has 0 fully saturated rings. The summed E-state index contributed by atoms with van der Waals surface area (Å²) in [6, 6.07) is 4.00. The van der Waals surface area contributed by atoms with Gasteiger partial charge in [-0.1, -0.05) is 48.0 Å². The molecule has 1 nitrogen and oxygen atoms in total. The minimum Gasteiger partial charge on any atom is -0.491 e. The minimum absolute atomic E-state index is 0.773. The predicted molar refractivity (Wildman–Crippen MR) is 101 cm³/mol. The fraction of sp³-hybridized carbons (Fsp3) is 0.600. The molecule has 5 heteroatoms. The number of benzene rings is 1. The first-order valence-corrected chi connectivity index (χ1v) is 10.0. The van der Waals surface area contributed by atoms with Gasteiger partial charge >= 0.3 is 0 Å². The Kier molecular flexibility index (Phi) is 10.7. The molecule has 0 aliphatic carbocycles. The largest absolute Gasteiger partial charge is 0.491 e. The highest BCUT2D eigenvalue weighted by molar-refractivity contribution is 9.11. The van der Waals surface area contributed by atoms with Gasteiger partial charge in [0.15, 0.2) is 0 Å². The van der Waals surface area contributed by atoms with Crippen molar-refractivity contribution in [3.05, 3.63) is 25.6 Å². The van der Waals surface area contributed by atoms with Crippen molar-refractivity contribution < 1.29 is 4.74 Å². The summed E-state index contributed by atoms with van der Waals surface area (Å²) in [5.41, 5.74) is 0. The Morgan fingerprint density at radius 3 is 1.85 bits per heavy atom. The Morgan fingerprint density at radius 2 is 1.30 bits per heavy atom. The summed E-state index contributed by atoms with van der Waals surface area (Å²) in [7, 11) is 0. The first-order valence-electron chi connectivity index (χ1n) is 7.03. The van der Waals surface area contributed by atoms with Crippen molar-refractivity contribution in [2.45, 2.75) is 44.9 Å². The minimum atomic E-state index is 0.773. The van der Waals surface area contributed by atoms with Gasteiger partial charge in [-0.15, -0.1) is 0 Å². The van der Waals surface area contributed by atoms with Gasteiger partial charge < -0.3 is 4.74 Å². The number of hydrogen-bond acceptors (Lipinski definition) is 2. The van der Waals surface area contributed by atoms with Crippen LogP contribution in [0.1, 0.15) is 44.9 Å². The second-order valence-electron chi connectivity index (χ2n) is 4.75. The molecule has 0 heterocycles. The Hall–Kier alpha value is 0.810. The van der Waals surface area contributed by atoms with Crippen LogP contribution in [0.5, 0.6) is 5.75 Å². The Balaban J connectivity index is 2.13. The van der Waals surface area contributed by atoms with Crippen LogP contribution in [0.4, 0.5) is 0 Å². The van der Waals surface area contributed by atoms with Crippen LogP contribution in [0.15, 0.2) is 25.6 Å². The van der Waals surface area contributed by atoms with Crippen molar-refractivity contribution in [1.82, 2.24) is 0 Å². The monoisotopic (exact) mass is 486 g/mol. The zero-order valence-electron chi connectivity index (χ0n) is 11.5. The molecule has 0 radical (unpaired) electrons. The average Bonchev–Trinajstić information content (AvgIpc) is 2.39. The third kappa shape index (κ3) is 7.71. The molecule has 0 aromatic heterocycles.